The fraction of sp³-hybridized carbons (Fsp3) is 0.0714. The first kappa shape index (κ1) is 22.1. The number of halogens is 1. The van der Waals surface area contributed by atoms with Gasteiger partial charge in [0.25, 0.3) is 0 Å². The number of nitrogens with zero attached hydrogens (tertiary/aromatic N) is 6. The molecule has 0 fully saturated rings. The topological polar surface area (TPSA) is 70.7 Å². The molecule has 2 aliphatic heterocycles. The average Bonchev–Trinajstić information content (AvgIpc) is 3.58. The van der Waals surface area contributed by atoms with Crippen molar-refractivity contribution in [3.05, 3.63) is 111 Å². The monoisotopic (exact) mass is 565 g/mol. The highest BCUT2D eigenvalue weighted by Crippen LogP contribution is 2.48. The number of hydrogen-bond acceptors (Lipinski definition) is 7. The highest BCUT2D eigenvalue weighted by Gasteiger charge is 2.41. The first-order chi connectivity index (χ1) is 18.2. The van der Waals surface area contributed by atoms with E-state index in [2.05, 4.69) is 54.7 Å². The second-order valence-corrected chi connectivity index (χ2v) is 10.6. The number of amidine groups is 2. The van der Waals surface area contributed by atoms with E-state index in [1.807, 2.05) is 72.3 Å². The normalized spacial score (nSPS) is 15.8. The Morgan fingerprint density at radius 1 is 0.919 bits per heavy atom. The molecular formula is C28H20BrN7S. The molecule has 7 nitrogen and oxygen atoms in total. The van der Waals surface area contributed by atoms with Crippen LogP contribution >= 0.6 is 27.3 Å². The first-order valence-electron chi connectivity index (χ1n) is 11.8. The molecule has 0 bridgehead atoms. The van der Waals surface area contributed by atoms with E-state index in [1.54, 1.807) is 17.5 Å². The smallest absolute Gasteiger partial charge is 0.179 e. The van der Waals surface area contributed by atoms with Crippen molar-refractivity contribution in [1.29, 1.82) is 0 Å². The molecule has 0 spiro atoms. The van der Waals surface area contributed by atoms with Gasteiger partial charge < -0.3 is 10.2 Å². The summed E-state index contributed by atoms with van der Waals surface area (Å²) in [6.45, 7) is 2.05. The number of anilines is 2. The van der Waals surface area contributed by atoms with Crippen molar-refractivity contribution in [2.24, 2.45) is 9.98 Å². The summed E-state index contributed by atoms with van der Waals surface area (Å²) in [6.07, 6.45) is 1.77. The molecule has 0 saturated carbocycles. The van der Waals surface area contributed by atoms with Crippen molar-refractivity contribution in [3.8, 4) is 5.82 Å². The highest BCUT2D eigenvalue weighted by atomic mass is 79.9. The van der Waals surface area contributed by atoms with Crippen LogP contribution in [0.5, 0.6) is 0 Å². The van der Waals surface area contributed by atoms with Crippen molar-refractivity contribution in [2.45, 2.75) is 13.0 Å². The molecule has 5 aromatic rings. The third-order valence-electron chi connectivity index (χ3n) is 6.42. The van der Waals surface area contributed by atoms with Crippen LogP contribution in [0.15, 0.2) is 105 Å². The number of benzene rings is 2. The maximum absolute atomic E-state index is 5.22. The molecule has 0 radical (unpaired) electrons. The lowest BCUT2D eigenvalue weighted by molar-refractivity contribution is 0.820. The van der Waals surface area contributed by atoms with Gasteiger partial charge in [-0.3, -0.25) is 0 Å². The van der Waals surface area contributed by atoms with Crippen LogP contribution in [0, 0.1) is 6.92 Å². The zero-order valence-corrected chi connectivity index (χ0v) is 22.1. The number of hydrogen-bond donors (Lipinski definition) is 1. The third kappa shape index (κ3) is 3.70. The van der Waals surface area contributed by atoms with Crippen LogP contribution < -0.4 is 10.2 Å². The lowest BCUT2D eigenvalue weighted by Crippen LogP contribution is -2.46. The van der Waals surface area contributed by atoms with Crippen LogP contribution in [-0.2, 0) is 0 Å². The van der Waals surface area contributed by atoms with Crippen LogP contribution in [0.1, 0.15) is 22.2 Å². The second kappa shape index (κ2) is 8.79. The van der Waals surface area contributed by atoms with Gasteiger partial charge in [0.1, 0.15) is 6.04 Å². The fourth-order valence-electron chi connectivity index (χ4n) is 4.82. The molecule has 37 heavy (non-hydrogen) atoms. The Bertz CT molecular complexity index is 1670. The van der Waals surface area contributed by atoms with E-state index >= 15 is 0 Å². The second-order valence-electron chi connectivity index (χ2n) is 8.73. The average molecular weight is 566 g/mol. The molecule has 7 rings (SSSR count). The fourth-order valence-corrected chi connectivity index (χ4v) is 5.91. The van der Waals surface area contributed by atoms with E-state index in [9.17, 15) is 0 Å². The minimum atomic E-state index is -0.113. The number of aryl methyl sites for hydroxylation is 1. The summed E-state index contributed by atoms with van der Waals surface area (Å²) in [5, 5.41) is 10.6. The van der Waals surface area contributed by atoms with E-state index in [0.29, 0.717) is 5.84 Å². The maximum atomic E-state index is 5.22. The van der Waals surface area contributed by atoms with Crippen molar-refractivity contribution in [3.63, 3.8) is 0 Å². The highest BCUT2D eigenvalue weighted by molar-refractivity contribution is 9.10. The Morgan fingerprint density at radius 2 is 1.76 bits per heavy atom. The molecule has 9 heteroatoms. The molecular weight excluding hydrogens is 546 g/mol. The predicted octanol–water partition coefficient (Wildman–Crippen LogP) is 7.20. The van der Waals surface area contributed by atoms with E-state index in [-0.39, 0.29) is 6.04 Å². The van der Waals surface area contributed by atoms with E-state index in [0.717, 1.165) is 50.3 Å². The molecule has 2 aliphatic rings. The summed E-state index contributed by atoms with van der Waals surface area (Å²) in [5.74, 6) is 2.92. The summed E-state index contributed by atoms with van der Waals surface area (Å²) in [5.41, 5.74) is 4.81. The quantitative estimate of drug-likeness (QED) is 0.251. The lowest BCUT2D eigenvalue weighted by Gasteiger charge is -2.40. The molecule has 0 unspecified atom stereocenters. The molecule has 5 heterocycles. The number of aromatic nitrogens is 3. The minimum absolute atomic E-state index is 0.113. The van der Waals surface area contributed by atoms with Crippen molar-refractivity contribution in [1.82, 2.24) is 14.8 Å². The van der Waals surface area contributed by atoms with Gasteiger partial charge in [-0.05, 0) is 66.9 Å². The zero-order chi connectivity index (χ0) is 24.9. The third-order valence-corrected chi connectivity index (χ3v) is 7.88. The number of rotatable bonds is 3. The maximum Gasteiger partial charge on any atom is 0.179 e. The number of thiophene rings is 1. The number of para-hydroxylation sites is 2. The summed E-state index contributed by atoms with van der Waals surface area (Å²) in [7, 11) is 0. The van der Waals surface area contributed by atoms with Crippen molar-refractivity contribution < 1.29 is 0 Å². The lowest BCUT2D eigenvalue weighted by atomic mass is 9.98. The molecule has 1 N–H and O–H groups in total. The summed E-state index contributed by atoms with van der Waals surface area (Å²) < 4.78 is 2.86. The van der Waals surface area contributed by atoms with Gasteiger partial charge in [-0.1, -0.05) is 40.2 Å². The summed E-state index contributed by atoms with van der Waals surface area (Å²) in [4.78, 5) is 18.3. The molecule has 0 aliphatic carbocycles. The molecule has 180 valence electrons. The molecule has 0 amide bonds. The van der Waals surface area contributed by atoms with Gasteiger partial charge in [0.2, 0.25) is 0 Å². The van der Waals surface area contributed by atoms with Crippen LogP contribution in [0.4, 0.5) is 22.9 Å². The van der Waals surface area contributed by atoms with E-state index < -0.39 is 0 Å². The molecule has 3 aromatic heterocycles. The Hall–Kier alpha value is -4.08. The largest absolute Gasteiger partial charge is 0.337 e. The summed E-state index contributed by atoms with van der Waals surface area (Å²) in [6, 6.07) is 26.2. The van der Waals surface area contributed by atoms with Gasteiger partial charge in [-0.15, -0.1) is 11.3 Å². The Morgan fingerprint density at radius 3 is 2.54 bits per heavy atom. The Labute approximate surface area is 226 Å². The Balaban J connectivity index is 1.49. The van der Waals surface area contributed by atoms with Crippen LogP contribution in [0.3, 0.4) is 0 Å². The van der Waals surface area contributed by atoms with Crippen LogP contribution in [0.25, 0.3) is 5.82 Å². The first-order valence-corrected chi connectivity index (χ1v) is 13.5. The standard InChI is InChI=1S/C28H20BrN7S/c1-17-24-25(22-9-6-16-37-22)35-21-8-3-2-7-20(21)32-26(31-19-13-11-18(29)12-14-19)28(35)33-27(24)36(34-17)23-10-4-5-15-30-23/h2-16,25H,1H3,(H,31,32)/t25-/m0/s1. The van der Waals surface area contributed by atoms with Crippen LogP contribution in [-0.4, -0.2) is 26.4 Å². The van der Waals surface area contributed by atoms with Gasteiger partial charge in [0, 0.05) is 26.8 Å². The predicted molar refractivity (Wildman–Crippen MR) is 153 cm³/mol. The van der Waals surface area contributed by atoms with Crippen molar-refractivity contribution >= 4 is 61.8 Å². The van der Waals surface area contributed by atoms with Crippen molar-refractivity contribution in [2.75, 3.05) is 10.2 Å². The molecule has 0 saturated heterocycles. The number of aliphatic imine (C=N–C) groups is 2. The van der Waals surface area contributed by atoms with Gasteiger partial charge in [0.15, 0.2) is 23.3 Å². The molecule has 1 atom stereocenters. The van der Waals surface area contributed by atoms with E-state index in [4.69, 9.17) is 15.1 Å². The SMILES string of the molecule is Cc1nn(-c2ccccn2)c2c1[C@H](c1cccs1)N1C(=N2)C(Nc2ccc(Br)cc2)=Nc2ccccc21. The van der Waals surface area contributed by atoms with Gasteiger partial charge >= 0.3 is 0 Å². The van der Waals surface area contributed by atoms with Gasteiger partial charge in [0.05, 0.1) is 17.1 Å². The molecule has 2 aromatic carbocycles. The number of nitrogens with one attached hydrogen (secondary N) is 1. The minimum Gasteiger partial charge on any atom is -0.337 e. The Kier molecular flexibility index (Phi) is 5.26. The van der Waals surface area contributed by atoms with E-state index in [1.165, 1.54) is 4.88 Å². The van der Waals surface area contributed by atoms with Gasteiger partial charge in [-0.2, -0.15) is 9.78 Å². The number of fused-ring (bicyclic) bond motifs is 4. The zero-order valence-electron chi connectivity index (χ0n) is 19.7. The van der Waals surface area contributed by atoms with Crippen LogP contribution in [0.2, 0.25) is 0 Å². The van der Waals surface area contributed by atoms with Gasteiger partial charge in [-0.25, -0.2) is 15.0 Å². The summed E-state index contributed by atoms with van der Waals surface area (Å²) >= 11 is 5.25. The number of pyridine rings is 1.